The van der Waals surface area contributed by atoms with E-state index in [1.807, 2.05) is 26.8 Å². The second-order valence-corrected chi connectivity index (χ2v) is 7.43. The molecule has 0 spiro atoms. The Morgan fingerprint density at radius 1 is 1.17 bits per heavy atom. The maximum absolute atomic E-state index is 12.6. The summed E-state index contributed by atoms with van der Waals surface area (Å²) < 4.78 is 12.5. The molecule has 0 radical (unpaired) electrons. The lowest BCUT2D eigenvalue weighted by atomic mass is 10.1. The van der Waals surface area contributed by atoms with Crippen LogP contribution >= 0.6 is 0 Å². The van der Waals surface area contributed by atoms with E-state index in [2.05, 4.69) is 19.7 Å². The lowest BCUT2D eigenvalue weighted by Crippen LogP contribution is -2.21. The van der Waals surface area contributed by atoms with E-state index in [0.717, 1.165) is 43.1 Å². The number of rotatable bonds is 8. The fraction of sp³-hybridized carbons (Fsp3) is 0.524. The topological polar surface area (TPSA) is 86.5 Å². The third kappa shape index (κ3) is 4.64. The van der Waals surface area contributed by atoms with E-state index in [9.17, 15) is 9.59 Å². The van der Waals surface area contributed by atoms with Crippen molar-refractivity contribution >= 4 is 17.6 Å². The van der Waals surface area contributed by atoms with Gasteiger partial charge in [0.1, 0.15) is 0 Å². The van der Waals surface area contributed by atoms with Crippen LogP contribution in [0.2, 0.25) is 0 Å². The van der Waals surface area contributed by atoms with E-state index in [0.29, 0.717) is 12.2 Å². The molecular formula is C21H28N4O4. The SMILES string of the molecule is COCC(C)n1c(C)cc(C(=O)COC(=O)c2ccc(N3CCCC3)nn2)c1C. The van der Waals surface area contributed by atoms with Gasteiger partial charge in [0.2, 0.25) is 5.78 Å². The molecule has 0 aliphatic carbocycles. The molecule has 1 unspecified atom stereocenters. The normalized spacial score (nSPS) is 14.8. The number of esters is 1. The molecule has 0 amide bonds. The number of carbonyl (C=O) groups excluding carboxylic acids is 2. The highest BCUT2D eigenvalue weighted by Crippen LogP contribution is 2.21. The first-order chi connectivity index (χ1) is 13.9. The number of ketones is 1. The van der Waals surface area contributed by atoms with Crippen LogP contribution in [0.1, 0.15) is 58.0 Å². The Kier molecular flexibility index (Phi) is 6.64. The summed E-state index contributed by atoms with van der Waals surface area (Å²) in [5.74, 6) is -0.142. The molecule has 3 heterocycles. The van der Waals surface area contributed by atoms with E-state index < -0.39 is 5.97 Å². The standard InChI is InChI=1S/C21H28N4O4/c1-14-11-17(16(3)25(14)15(2)12-28-4)19(26)13-29-21(27)18-7-8-20(23-22-18)24-9-5-6-10-24/h7-8,11,15H,5-6,9-10,12-13H2,1-4H3. The zero-order chi connectivity index (χ0) is 21.0. The molecule has 156 valence electrons. The van der Waals surface area contributed by atoms with Gasteiger partial charge in [0.05, 0.1) is 12.6 Å². The average Bonchev–Trinajstić information content (AvgIpc) is 3.34. The quantitative estimate of drug-likeness (QED) is 0.497. The molecule has 8 heteroatoms. The fourth-order valence-electron chi connectivity index (χ4n) is 3.89. The number of aromatic nitrogens is 3. The van der Waals surface area contributed by atoms with Crippen molar-refractivity contribution in [3.8, 4) is 0 Å². The summed E-state index contributed by atoms with van der Waals surface area (Å²) >= 11 is 0. The summed E-state index contributed by atoms with van der Waals surface area (Å²) in [4.78, 5) is 27.0. The molecule has 8 nitrogen and oxygen atoms in total. The Hall–Kier alpha value is -2.74. The van der Waals surface area contributed by atoms with Gasteiger partial charge in [-0.15, -0.1) is 10.2 Å². The Bertz CT molecular complexity index is 870. The Labute approximate surface area is 170 Å². The molecule has 0 N–H and O–H groups in total. The van der Waals surface area contributed by atoms with Crippen LogP contribution in [0.4, 0.5) is 5.82 Å². The van der Waals surface area contributed by atoms with Gasteiger partial charge in [-0.3, -0.25) is 4.79 Å². The number of nitrogens with zero attached hydrogens (tertiary/aromatic N) is 4. The minimum Gasteiger partial charge on any atom is -0.453 e. The van der Waals surface area contributed by atoms with Gasteiger partial charge in [-0.05, 0) is 51.8 Å². The molecule has 1 atom stereocenters. The van der Waals surface area contributed by atoms with Gasteiger partial charge in [-0.1, -0.05) is 0 Å². The summed E-state index contributed by atoms with van der Waals surface area (Å²) in [6.07, 6.45) is 2.27. The number of hydrogen-bond donors (Lipinski definition) is 0. The van der Waals surface area contributed by atoms with E-state index >= 15 is 0 Å². The highest BCUT2D eigenvalue weighted by atomic mass is 16.5. The molecule has 0 saturated carbocycles. The number of hydrogen-bond acceptors (Lipinski definition) is 7. The van der Waals surface area contributed by atoms with Crippen molar-refractivity contribution in [1.29, 1.82) is 0 Å². The largest absolute Gasteiger partial charge is 0.453 e. The van der Waals surface area contributed by atoms with Gasteiger partial charge in [-0.2, -0.15) is 0 Å². The average molecular weight is 400 g/mol. The summed E-state index contributed by atoms with van der Waals surface area (Å²) in [6.45, 7) is 7.98. The first kappa shape index (κ1) is 21.0. The minimum atomic E-state index is -0.652. The van der Waals surface area contributed by atoms with Crippen LogP contribution < -0.4 is 4.90 Å². The van der Waals surface area contributed by atoms with Gasteiger partial charge in [0, 0.05) is 37.2 Å². The maximum Gasteiger partial charge on any atom is 0.359 e. The Balaban J connectivity index is 1.61. The van der Waals surface area contributed by atoms with Crippen LogP contribution in [0, 0.1) is 13.8 Å². The number of Topliss-reactive ketones (excluding diaryl/α,β-unsaturated/α-hetero) is 1. The van der Waals surface area contributed by atoms with Crippen molar-refractivity contribution in [2.45, 2.75) is 39.7 Å². The number of carbonyl (C=O) groups is 2. The predicted molar refractivity (Wildman–Crippen MR) is 109 cm³/mol. The Morgan fingerprint density at radius 3 is 2.52 bits per heavy atom. The van der Waals surface area contributed by atoms with E-state index in [1.54, 1.807) is 19.2 Å². The molecule has 3 rings (SSSR count). The van der Waals surface area contributed by atoms with Gasteiger partial charge >= 0.3 is 5.97 Å². The number of ether oxygens (including phenoxy) is 2. The highest BCUT2D eigenvalue weighted by molar-refractivity contribution is 6.00. The third-order valence-electron chi connectivity index (χ3n) is 5.26. The zero-order valence-electron chi connectivity index (χ0n) is 17.5. The predicted octanol–water partition coefficient (Wildman–Crippen LogP) is 2.74. The molecule has 0 bridgehead atoms. The molecule has 0 aromatic carbocycles. The molecule has 2 aromatic rings. The van der Waals surface area contributed by atoms with Crippen LogP contribution in [-0.2, 0) is 9.47 Å². The lowest BCUT2D eigenvalue weighted by molar-refractivity contribution is 0.0467. The molecule has 1 saturated heterocycles. The van der Waals surface area contributed by atoms with Gasteiger partial charge < -0.3 is 18.9 Å². The van der Waals surface area contributed by atoms with Crippen LogP contribution in [0.25, 0.3) is 0 Å². The van der Waals surface area contributed by atoms with Crippen molar-refractivity contribution in [2.24, 2.45) is 0 Å². The van der Waals surface area contributed by atoms with E-state index in [-0.39, 0.29) is 24.1 Å². The number of methoxy groups -OCH3 is 1. The van der Waals surface area contributed by atoms with E-state index in [4.69, 9.17) is 9.47 Å². The first-order valence-corrected chi connectivity index (χ1v) is 9.88. The highest BCUT2D eigenvalue weighted by Gasteiger charge is 2.21. The minimum absolute atomic E-state index is 0.0972. The molecule has 1 aliphatic heterocycles. The molecule has 1 fully saturated rings. The number of anilines is 1. The van der Waals surface area contributed by atoms with E-state index in [1.165, 1.54) is 0 Å². The van der Waals surface area contributed by atoms with Crippen molar-refractivity contribution in [3.63, 3.8) is 0 Å². The van der Waals surface area contributed by atoms with Crippen LogP contribution in [0.3, 0.4) is 0 Å². The zero-order valence-corrected chi connectivity index (χ0v) is 17.5. The number of aryl methyl sites for hydroxylation is 1. The van der Waals surface area contributed by atoms with Crippen molar-refractivity contribution in [3.05, 3.63) is 40.8 Å². The Morgan fingerprint density at radius 2 is 1.90 bits per heavy atom. The summed E-state index contributed by atoms with van der Waals surface area (Å²) in [7, 11) is 1.65. The van der Waals surface area contributed by atoms with Crippen LogP contribution in [-0.4, -0.2) is 59.9 Å². The van der Waals surface area contributed by atoms with Crippen LogP contribution in [0.5, 0.6) is 0 Å². The van der Waals surface area contributed by atoms with Crippen molar-refractivity contribution in [1.82, 2.24) is 14.8 Å². The van der Waals surface area contributed by atoms with Crippen LogP contribution in [0.15, 0.2) is 18.2 Å². The van der Waals surface area contributed by atoms with Crippen molar-refractivity contribution < 1.29 is 19.1 Å². The molecular weight excluding hydrogens is 372 g/mol. The maximum atomic E-state index is 12.6. The third-order valence-corrected chi connectivity index (χ3v) is 5.26. The van der Waals surface area contributed by atoms with Gasteiger partial charge in [0.15, 0.2) is 18.1 Å². The smallest absolute Gasteiger partial charge is 0.359 e. The summed E-state index contributed by atoms with van der Waals surface area (Å²) in [6, 6.07) is 5.28. The van der Waals surface area contributed by atoms with Gasteiger partial charge in [-0.25, -0.2) is 4.79 Å². The molecule has 1 aliphatic rings. The summed E-state index contributed by atoms with van der Waals surface area (Å²) in [5.41, 5.74) is 2.45. The monoisotopic (exact) mass is 400 g/mol. The fourth-order valence-corrected chi connectivity index (χ4v) is 3.89. The summed E-state index contributed by atoms with van der Waals surface area (Å²) in [5, 5.41) is 8.07. The first-order valence-electron chi connectivity index (χ1n) is 9.88. The second kappa shape index (κ2) is 9.17. The molecule has 29 heavy (non-hydrogen) atoms. The molecule has 2 aromatic heterocycles. The second-order valence-electron chi connectivity index (χ2n) is 7.43. The van der Waals surface area contributed by atoms with Crippen molar-refractivity contribution in [2.75, 3.05) is 38.3 Å². The lowest BCUT2D eigenvalue weighted by Gasteiger charge is -2.17. The van der Waals surface area contributed by atoms with Gasteiger partial charge in [0.25, 0.3) is 0 Å².